The van der Waals surface area contributed by atoms with Crippen LogP contribution in [0.1, 0.15) is 11.1 Å². The molecule has 114 valence electrons. The predicted octanol–water partition coefficient (Wildman–Crippen LogP) is 3.66. The van der Waals surface area contributed by atoms with E-state index in [0.717, 1.165) is 5.56 Å². The highest BCUT2D eigenvalue weighted by Gasteiger charge is 2.07. The number of anilines is 1. The van der Waals surface area contributed by atoms with Crippen LogP contribution in [0.2, 0.25) is 0 Å². The third-order valence-electron chi connectivity index (χ3n) is 3.17. The molecule has 0 fully saturated rings. The normalized spacial score (nSPS) is 10.5. The minimum absolute atomic E-state index is 0.230. The first-order chi connectivity index (χ1) is 10.6. The minimum atomic E-state index is -0.230. The van der Waals surface area contributed by atoms with Crippen molar-refractivity contribution in [2.45, 2.75) is 6.92 Å². The van der Waals surface area contributed by atoms with Crippen molar-refractivity contribution in [1.82, 2.24) is 0 Å². The van der Waals surface area contributed by atoms with E-state index in [1.165, 1.54) is 11.6 Å². The van der Waals surface area contributed by atoms with Crippen LogP contribution in [-0.4, -0.2) is 20.1 Å². The Morgan fingerprint density at radius 1 is 1.05 bits per heavy atom. The molecule has 4 nitrogen and oxygen atoms in total. The molecule has 2 aromatic rings. The molecule has 1 amide bonds. The monoisotopic (exact) mass is 297 g/mol. The lowest BCUT2D eigenvalue weighted by molar-refractivity contribution is -0.111. The number of aryl methyl sites for hydroxylation is 1. The second-order valence-corrected chi connectivity index (χ2v) is 4.80. The maximum Gasteiger partial charge on any atom is 0.248 e. The van der Waals surface area contributed by atoms with Gasteiger partial charge in [-0.25, -0.2) is 0 Å². The van der Waals surface area contributed by atoms with Gasteiger partial charge in [-0.3, -0.25) is 4.79 Å². The van der Waals surface area contributed by atoms with Crippen LogP contribution in [0.15, 0.2) is 48.5 Å². The highest BCUT2D eigenvalue weighted by Crippen LogP contribution is 2.28. The summed E-state index contributed by atoms with van der Waals surface area (Å²) < 4.78 is 10.4. The Kier molecular flexibility index (Phi) is 5.20. The molecule has 1 N–H and O–H groups in total. The maximum atomic E-state index is 12.0. The van der Waals surface area contributed by atoms with Crippen LogP contribution in [0.25, 0.3) is 6.08 Å². The van der Waals surface area contributed by atoms with E-state index in [0.29, 0.717) is 17.2 Å². The fourth-order valence-corrected chi connectivity index (χ4v) is 1.94. The van der Waals surface area contributed by atoms with Crippen LogP contribution in [0.3, 0.4) is 0 Å². The molecule has 0 spiro atoms. The molecular weight excluding hydrogens is 278 g/mol. The van der Waals surface area contributed by atoms with Gasteiger partial charge in [0.1, 0.15) is 11.5 Å². The first-order valence-electron chi connectivity index (χ1n) is 6.90. The lowest BCUT2D eigenvalue weighted by atomic mass is 10.1. The molecule has 0 aliphatic rings. The molecule has 0 aliphatic carbocycles. The smallest absolute Gasteiger partial charge is 0.248 e. The Balaban J connectivity index is 2.09. The van der Waals surface area contributed by atoms with E-state index in [9.17, 15) is 4.79 Å². The summed E-state index contributed by atoms with van der Waals surface area (Å²) in [4.78, 5) is 12.0. The highest BCUT2D eigenvalue weighted by atomic mass is 16.5. The van der Waals surface area contributed by atoms with Crippen LogP contribution in [0.4, 0.5) is 5.69 Å². The van der Waals surface area contributed by atoms with E-state index in [1.54, 1.807) is 38.5 Å². The fourth-order valence-electron chi connectivity index (χ4n) is 1.94. The molecule has 0 saturated heterocycles. The summed E-state index contributed by atoms with van der Waals surface area (Å²) in [5.74, 6) is 1.00. The molecule has 0 atom stereocenters. The van der Waals surface area contributed by atoms with Gasteiger partial charge in [-0.2, -0.15) is 0 Å². The predicted molar refractivity (Wildman–Crippen MR) is 88.4 cm³/mol. The number of benzene rings is 2. The summed E-state index contributed by atoms with van der Waals surface area (Å²) in [5.41, 5.74) is 2.72. The fraction of sp³-hybridized carbons (Fsp3) is 0.167. The van der Waals surface area contributed by atoms with Gasteiger partial charge in [0, 0.05) is 12.1 Å². The van der Waals surface area contributed by atoms with Gasteiger partial charge < -0.3 is 14.8 Å². The lowest BCUT2D eigenvalue weighted by Crippen LogP contribution is -2.09. The average molecular weight is 297 g/mol. The second-order valence-electron chi connectivity index (χ2n) is 4.80. The van der Waals surface area contributed by atoms with Gasteiger partial charge in [0.2, 0.25) is 5.91 Å². The maximum absolute atomic E-state index is 12.0. The van der Waals surface area contributed by atoms with Gasteiger partial charge in [-0.05, 0) is 30.7 Å². The molecule has 0 heterocycles. The van der Waals surface area contributed by atoms with E-state index >= 15 is 0 Å². The number of carbonyl (C=O) groups excluding carboxylic acids is 1. The molecule has 0 aromatic heterocycles. The van der Waals surface area contributed by atoms with Gasteiger partial charge in [0.15, 0.2) is 0 Å². The molecule has 0 unspecified atom stereocenters. The number of rotatable bonds is 5. The second kappa shape index (κ2) is 7.31. The first kappa shape index (κ1) is 15.6. The molecule has 0 aliphatic heterocycles. The van der Waals surface area contributed by atoms with E-state index in [-0.39, 0.29) is 5.91 Å². The summed E-state index contributed by atoms with van der Waals surface area (Å²) >= 11 is 0. The van der Waals surface area contributed by atoms with Gasteiger partial charge in [-0.1, -0.05) is 29.8 Å². The molecule has 22 heavy (non-hydrogen) atoms. The van der Waals surface area contributed by atoms with Crippen molar-refractivity contribution in [3.8, 4) is 11.5 Å². The molecule has 0 saturated carbocycles. The van der Waals surface area contributed by atoms with Crippen LogP contribution in [0.5, 0.6) is 11.5 Å². The molecule has 0 radical (unpaired) electrons. The highest BCUT2D eigenvalue weighted by molar-refractivity contribution is 6.02. The van der Waals surface area contributed by atoms with Gasteiger partial charge in [-0.15, -0.1) is 0 Å². The molecule has 0 bridgehead atoms. The quantitative estimate of drug-likeness (QED) is 0.857. The molecule has 2 rings (SSSR count). The lowest BCUT2D eigenvalue weighted by Gasteiger charge is -2.10. The Morgan fingerprint density at radius 3 is 2.41 bits per heavy atom. The topological polar surface area (TPSA) is 47.6 Å². The van der Waals surface area contributed by atoms with Crippen LogP contribution in [-0.2, 0) is 4.79 Å². The summed E-state index contributed by atoms with van der Waals surface area (Å²) in [6, 6.07) is 13.2. The SMILES string of the molecule is COc1ccc(OC)c(NC(=O)C=Cc2ccc(C)cc2)c1. The average Bonchev–Trinajstić information content (AvgIpc) is 2.54. The van der Waals surface area contributed by atoms with Crippen molar-refractivity contribution >= 4 is 17.7 Å². The molecule has 2 aromatic carbocycles. The summed E-state index contributed by atoms with van der Waals surface area (Å²) in [5, 5.41) is 2.79. The van der Waals surface area contributed by atoms with Crippen molar-refractivity contribution in [3.63, 3.8) is 0 Å². The van der Waals surface area contributed by atoms with Crippen molar-refractivity contribution in [2.24, 2.45) is 0 Å². The number of methoxy groups -OCH3 is 2. The van der Waals surface area contributed by atoms with E-state index < -0.39 is 0 Å². The van der Waals surface area contributed by atoms with Gasteiger partial charge in [0.25, 0.3) is 0 Å². The summed E-state index contributed by atoms with van der Waals surface area (Å²) in [7, 11) is 3.13. The third-order valence-corrected chi connectivity index (χ3v) is 3.17. The Morgan fingerprint density at radius 2 is 1.77 bits per heavy atom. The first-order valence-corrected chi connectivity index (χ1v) is 6.90. The molecular formula is C18H19NO3. The zero-order valence-corrected chi connectivity index (χ0v) is 12.9. The van der Waals surface area contributed by atoms with Gasteiger partial charge >= 0.3 is 0 Å². The number of ether oxygens (including phenoxy) is 2. The van der Waals surface area contributed by atoms with Crippen molar-refractivity contribution in [1.29, 1.82) is 0 Å². The number of carbonyl (C=O) groups is 1. The number of amides is 1. The zero-order valence-electron chi connectivity index (χ0n) is 12.9. The number of hydrogen-bond acceptors (Lipinski definition) is 3. The Hall–Kier alpha value is -2.75. The van der Waals surface area contributed by atoms with Crippen LogP contribution < -0.4 is 14.8 Å². The van der Waals surface area contributed by atoms with Gasteiger partial charge in [0.05, 0.1) is 19.9 Å². The summed E-state index contributed by atoms with van der Waals surface area (Å²) in [6.45, 7) is 2.02. The minimum Gasteiger partial charge on any atom is -0.497 e. The Labute approximate surface area is 130 Å². The molecule has 4 heteroatoms. The van der Waals surface area contributed by atoms with Crippen molar-refractivity contribution < 1.29 is 14.3 Å². The third kappa shape index (κ3) is 4.12. The van der Waals surface area contributed by atoms with E-state index in [1.807, 2.05) is 31.2 Å². The number of hydrogen-bond donors (Lipinski definition) is 1. The van der Waals surface area contributed by atoms with Crippen LogP contribution in [0, 0.1) is 6.92 Å². The zero-order chi connectivity index (χ0) is 15.9. The standard InChI is InChI=1S/C18H19NO3/c1-13-4-6-14(7-5-13)8-11-18(20)19-16-12-15(21-2)9-10-17(16)22-3/h4-12H,1-3H3,(H,19,20). The van der Waals surface area contributed by atoms with Crippen LogP contribution >= 0.6 is 0 Å². The largest absolute Gasteiger partial charge is 0.497 e. The van der Waals surface area contributed by atoms with E-state index in [4.69, 9.17) is 9.47 Å². The van der Waals surface area contributed by atoms with Crippen molar-refractivity contribution in [2.75, 3.05) is 19.5 Å². The Bertz CT molecular complexity index is 675. The van der Waals surface area contributed by atoms with E-state index in [2.05, 4.69) is 5.32 Å². The number of nitrogens with one attached hydrogen (secondary N) is 1. The summed E-state index contributed by atoms with van der Waals surface area (Å²) in [6.07, 6.45) is 3.25. The van der Waals surface area contributed by atoms with Crippen molar-refractivity contribution in [3.05, 3.63) is 59.7 Å².